The number of esters is 1. The minimum Gasteiger partial charge on any atom is -0.462 e. The van der Waals surface area contributed by atoms with Crippen LogP contribution < -0.4 is 4.90 Å². The van der Waals surface area contributed by atoms with Gasteiger partial charge in [-0.1, -0.05) is 18.2 Å². The Bertz CT molecular complexity index is 376. The second kappa shape index (κ2) is 6.33. The quantitative estimate of drug-likeness (QED) is 0.629. The Hall–Kier alpha value is -1.29. The van der Waals surface area contributed by atoms with Crippen LogP contribution in [0.1, 0.15) is 6.92 Å². The summed E-state index contributed by atoms with van der Waals surface area (Å²) < 4.78 is 5.26. The molecule has 0 fully saturated rings. The zero-order chi connectivity index (χ0) is 12.0. The molecule has 1 aromatic carbocycles. The highest BCUT2D eigenvalue weighted by atomic mass is 79.9. The van der Waals surface area contributed by atoms with E-state index in [1.165, 1.54) is 0 Å². The molecule has 0 spiro atoms. The lowest BCUT2D eigenvalue weighted by Gasteiger charge is -2.14. The number of carbonyl (C=O) groups excluding carboxylic acids is 1. The summed E-state index contributed by atoms with van der Waals surface area (Å²) in [6.07, 6.45) is 1.69. The average Bonchev–Trinajstić information content (AvgIpc) is 2.30. The lowest BCUT2D eigenvalue weighted by molar-refractivity contribution is -0.137. The third-order valence-corrected chi connectivity index (χ3v) is 2.47. The largest absolute Gasteiger partial charge is 0.462 e. The van der Waals surface area contributed by atoms with Crippen LogP contribution >= 0.6 is 15.9 Å². The van der Waals surface area contributed by atoms with Crippen LogP contribution in [0.2, 0.25) is 0 Å². The van der Waals surface area contributed by atoms with Crippen LogP contribution in [-0.2, 0) is 9.53 Å². The third kappa shape index (κ3) is 3.70. The molecule has 0 atom stereocenters. The molecule has 0 N–H and O–H groups in total. The highest BCUT2D eigenvalue weighted by molar-refractivity contribution is 9.12. The van der Waals surface area contributed by atoms with Crippen LogP contribution in [0.4, 0.5) is 5.69 Å². The highest BCUT2D eigenvalue weighted by Gasteiger charge is 2.07. The highest BCUT2D eigenvalue weighted by Crippen LogP contribution is 2.15. The van der Waals surface area contributed by atoms with Gasteiger partial charge in [0.1, 0.15) is 4.48 Å². The summed E-state index contributed by atoms with van der Waals surface area (Å²) in [5, 5.41) is 0. The summed E-state index contributed by atoms with van der Waals surface area (Å²) in [7, 11) is 1.87. The maximum Gasteiger partial charge on any atom is 0.346 e. The number of benzene rings is 1. The standard InChI is InChI=1S/C12H14BrNO2/c1-3-16-12(15)11(13)9-14(2)10-7-5-4-6-8-10/h4-9H,3H2,1-2H3/b11-9-. The number of rotatable bonds is 4. The molecule has 0 aliphatic heterocycles. The lowest BCUT2D eigenvalue weighted by atomic mass is 10.3. The van der Waals surface area contributed by atoms with Crippen molar-refractivity contribution in [3.8, 4) is 0 Å². The van der Waals surface area contributed by atoms with Gasteiger partial charge in [-0.3, -0.25) is 0 Å². The average molecular weight is 284 g/mol. The Morgan fingerprint density at radius 2 is 2.06 bits per heavy atom. The van der Waals surface area contributed by atoms with Crippen molar-refractivity contribution in [2.24, 2.45) is 0 Å². The first kappa shape index (κ1) is 12.8. The SMILES string of the molecule is CCOC(=O)/C(Br)=C/N(C)c1ccccc1. The summed E-state index contributed by atoms with van der Waals surface area (Å²) in [6, 6.07) is 9.75. The van der Waals surface area contributed by atoms with E-state index in [1.807, 2.05) is 42.3 Å². The molecular formula is C12H14BrNO2. The molecule has 0 radical (unpaired) electrons. The second-order valence-electron chi connectivity index (χ2n) is 3.14. The van der Waals surface area contributed by atoms with Crippen molar-refractivity contribution < 1.29 is 9.53 Å². The van der Waals surface area contributed by atoms with Crippen LogP contribution in [0.15, 0.2) is 41.0 Å². The maximum atomic E-state index is 11.3. The lowest BCUT2D eigenvalue weighted by Crippen LogP contribution is -2.12. The Kier molecular flexibility index (Phi) is 5.05. The van der Waals surface area contributed by atoms with Crippen LogP contribution in [0.25, 0.3) is 0 Å². The number of hydrogen-bond acceptors (Lipinski definition) is 3. The number of hydrogen-bond donors (Lipinski definition) is 0. The van der Waals surface area contributed by atoms with Gasteiger partial charge in [0.25, 0.3) is 0 Å². The van der Waals surface area contributed by atoms with E-state index in [1.54, 1.807) is 13.1 Å². The predicted molar refractivity (Wildman–Crippen MR) is 68.5 cm³/mol. The van der Waals surface area contributed by atoms with Crippen LogP contribution in [0.5, 0.6) is 0 Å². The number of nitrogens with zero attached hydrogens (tertiary/aromatic N) is 1. The van der Waals surface area contributed by atoms with Crippen molar-refractivity contribution >= 4 is 27.6 Å². The first-order valence-corrected chi connectivity index (χ1v) is 5.76. The van der Waals surface area contributed by atoms with Gasteiger partial charge in [0, 0.05) is 18.9 Å². The monoisotopic (exact) mass is 283 g/mol. The van der Waals surface area contributed by atoms with E-state index in [4.69, 9.17) is 4.74 Å². The van der Waals surface area contributed by atoms with E-state index in [9.17, 15) is 4.79 Å². The number of para-hydroxylation sites is 1. The zero-order valence-electron chi connectivity index (χ0n) is 9.31. The second-order valence-corrected chi connectivity index (χ2v) is 4.00. The van der Waals surface area contributed by atoms with Gasteiger partial charge in [-0.05, 0) is 35.0 Å². The zero-order valence-corrected chi connectivity index (χ0v) is 10.9. The van der Waals surface area contributed by atoms with Gasteiger partial charge >= 0.3 is 5.97 Å². The molecule has 4 heteroatoms. The summed E-state index contributed by atoms with van der Waals surface area (Å²) in [6.45, 7) is 2.15. The van der Waals surface area contributed by atoms with Gasteiger partial charge in [-0.25, -0.2) is 4.79 Å². The van der Waals surface area contributed by atoms with Crippen LogP contribution in [0, 0.1) is 0 Å². The van der Waals surface area contributed by atoms with E-state index in [0.717, 1.165) is 5.69 Å². The molecule has 0 aromatic heterocycles. The molecular weight excluding hydrogens is 270 g/mol. The van der Waals surface area contributed by atoms with Gasteiger partial charge in [0.2, 0.25) is 0 Å². The molecule has 0 saturated carbocycles. The number of halogens is 1. The molecule has 3 nitrogen and oxygen atoms in total. The Labute approximate surface area is 104 Å². The Morgan fingerprint density at radius 3 is 2.62 bits per heavy atom. The van der Waals surface area contributed by atoms with Crippen molar-refractivity contribution in [1.29, 1.82) is 0 Å². The number of carbonyl (C=O) groups is 1. The molecule has 16 heavy (non-hydrogen) atoms. The normalized spacial score (nSPS) is 11.1. The molecule has 1 aromatic rings. The Balaban J connectivity index is 2.73. The van der Waals surface area contributed by atoms with Gasteiger partial charge in [0.15, 0.2) is 0 Å². The molecule has 0 saturated heterocycles. The first-order valence-electron chi connectivity index (χ1n) is 4.97. The maximum absolute atomic E-state index is 11.3. The van der Waals surface area contributed by atoms with Crippen molar-refractivity contribution in [2.45, 2.75) is 6.92 Å². The van der Waals surface area contributed by atoms with Gasteiger partial charge in [-0.15, -0.1) is 0 Å². The van der Waals surface area contributed by atoms with E-state index in [2.05, 4.69) is 15.9 Å². The van der Waals surface area contributed by atoms with E-state index in [-0.39, 0.29) is 5.97 Å². The Morgan fingerprint density at radius 1 is 1.44 bits per heavy atom. The van der Waals surface area contributed by atoms with E-state index >= 15 is 0 Å². The number of ether oxygens (including phenoxy) is 1. The summed E-state index contributed by atoms with van der Waals surface area (Å²) in [5.41, 5.74) is 1.00. The first-order chi connectivity index (χ1) is 7.65. The summed E-state index contributed by atoms with van der Waals surface area (Å²) in [5.74, 6) is -0.356. The molecule has 0 heterocycles. The molecule has 86 valence electrons. The molecule has 1 rings (SSSR count). The van der Waals surface area contributed by atoms with E-state index < -0.39 is 0 Å². The van der Waals surface area contributed by atoms with Crippen LogP contribution in [0.3, 0.4) is 0 Å². The van der Waals surface area contributed by atoms with Crippen molar-refractivity contribution in [1.82, 2.24) is 0 Å². The van der Waals surface area contributed by atoms with Gasteiger partial charge < -0.3 is 9.64 Å². The van der Waals surface area contributed by atoms with Gasteiger partial charge in [-0.2, -0.15) is 0 Å². The van der Waals surface area contributed by atoms with Crippen LogP contribution in [-0.4, -0.2) is 19.6 Å². The molecule has 0 amide bonds. The predicted octanol–water partition coefficient (Wildman–Crippen LogP) is 2.92. The molecule has 0 bridgehead atoms. The fraction of sp³-hybridized carbons (Fsp3) is 0.250. The third-order valence-electron chi connectivity index (χ3n) is 1.94. The topological polar surface area (TPSA) is 29.5 Å². The molecule has 0 aliphatic rings. The fourth-order valence-corrected chi connectivity index (χ4v) is 1.58. The van der Waals surface area contributed by atoms with E-state index in [0.29, 0.717) is 11.1 Å². The van der Waals surface area contributed by atoms with Crippen molar-refractivity contribution in [3.05, 3.63) is 41.0 Å². The fourth-order valence-electron chi connectivity index (χ4n) is 1.16. The number of anilines is 1. The molecule has 0 aliphatic carbocycles. The minimum atomic E-state index is -0.356. The smallest absolute Gasteiger partial charge is 0.346 e. The summed E-state index contributed by atoms with van der Waals surface area (Å²) in [4.78, 5) is 13.2. The van der Waals surface area contributed by atoms with Crippen molar-refractivity contribution in [3.63, 3.8) is 0 Å². The summed E-state index contributed by atoms with van der Waals surface area (Å²) >= 11 is 3.19. The van der Waals surface area contributed by atoms with Gasteiger partial charge in [0.05, 0.1) is 6.61 Å². The minimum absolute atomic E-state index is 0.356. The molecule has 0 unspecified atom stereocenters. The van der Waals surface area contributed by atoms with Crippen molar-refractivity contribution in [2.75, 3.05) is 18.6 Å².